The molecule has 1 aromatic heterocycles. The Hall–Kier alpha value is -1.47. The Bertz CT molecular complexity index is 755. The quantitative estimate of drug-likeness (QED) is 0.771. The molecule has 0 spiro atoms. The summed E-state index contributed by atoms with van der Waals surface area (Å²) in [6.07, 6.45) is 12.0. The molecule has 7 heteroatoms. The molecule has 0 radical (unpaired) electrons. The van der Waals surface area contributed by atoms with Crippen LogP contribution in [0.1, 0.15) is 82.9 Å². The maximum atomic E-state index is 12.3. The molecule has 5 rings (SSSR count). The van der Waals surface area contributed by atoms with E-state index in [-0.39, 0.29) is 18.1 Å². The van der Waals surface area contributed by atoms with Crippen molar-refractivity contribution in [3.63, 3.8) is 0 Å². The number of aliphatic hydroxyl groups is 1. The van der Waals surface area contributed by atoms with Crippen LogP contribution in [0.2, 0.25) is 0 Å². The lowest BCUT2D eigenvalue weighted by Crippen LogP contribution is -2.38. The number of aromatic nitrogens is 3. The normalized spacial score (nSPS) is 33.5. The first kappa shape index (κ1) is 20.4. The van der Waals surface area contributed by atoms with Gasteiger partial charge in [-0.25, -0.2) is 4.68 Å². The molecule has 7 nitrogen and oxygen atoms in total. The SMILES string of the molecule is CCC(=O)N1C[C@H]2C[C@@H](n3cc(C4(O)CCCCC4)nn3)[C@H](OCC3CC3)C[C@H]2C1. The zero-order valence-corrected chi connectivity index (χ0v) is 18.2. The minimum absolute atomic E-state index is 0.110. The van der Waals surface area contributed by atoms with Gasteiger partial charge in [0.25, 0.3) is 0 Å². The van der Waals surface area contributed by atoms with Crippen molar-refractivity contribution in [3.8, 4) is 0 Å². The number of carbonyl (C=O) groups excluding carboxylic acids is 1. The summed E-state index contributed by atoms with van der Waals surface area (Å²) < 4.78 is 8.40. The molecule has 0 aromatic carbocycles. The maximum absolute atomic E-state index is 12.3. The lowest BCUT2D eigenvalue weighted by Gasteiger charge is -2.37. The molecule has 1 aliphatic heterocycles. The van der Waals surface area contributed by atoms with Gasteiger partial charge in [0.1, 0.15) is 11.3 Å². The van der Waals surface area contributed by atoms with Crippen LogP contribution in [0.15, 0.2) is 6.20 Å². The van der Waals surface area contributed by atoms with Crippen molar-refractivity contribution in [1.29, 1.82) is 0 Å². The summed E-state index contributed by atoms with van der Waals surface area (Å²) >= 11 is 0. The third-order valence-electron chi connectivity index (χ3n) is 7.99. The van der Waals surface area contributed by atoms with E-state index in [1.54, 1.807) is 0 Å². The third kappa shape index (κ3) is 4.03. The highest BCUT2D eigenvalue weighted by atomic mass is 16.5. The summed E-state index contributed by atoms with van der Waals surface area (Å²) in [5.74, 6) is 2.00. The van der Waals surface area contributed by atoms with Gasteiger partial charge >= 0.3 is 0 Å². The second-order valence-electron chi connectivity index (χ2n) is 10.2. The van der Waals surface area contributed by atoms with Gasteiger partial charge < -0.3 is 14.7 Å². The van der Waals surface area contributed by atoms with Crippen molar-refractivity contribution in [3.05, 3.63) is 11.9 Å². The minimum atomic E-state index is -0.824. The third-order valence-corrected chi connectivity index (χ3v) is 7.99. The first-order chi connectivity index (χ1) is 14.6. The number of hydrogen-bond donors (Lipinski definition) is 1. The largest absolute Gasteiger partial charge is 0.383 e. The van der Waals surface area contributed by atoms with Crippen LogP contribution in [0, 0.1) is 17.8 Å². The lowest BCUT2D eigenvalue weighted by atomic mass is 9.77. The molecule has 1 N–H and O–H groups in total. The Balaban J connectivity index is 1.34. The summed E-state index contributed by atoms with van der Waals surface area (Å²) in [4.78, 5) is 14.3. The van der Waals surface area contributed by atoms with Gasteiger partial charge in [-0.2, -0.15) is 0 Å². The van der Waals surface area contributed by atoms with Crippen molar-refractivity contribution >= 4 is 5.91 Å². The number of amides is 1. The number of likely N-dealkylation sites (tertiary alicyclic amines) is 1. The van der Waals surface area contributed by atoms with Gasteiger partial charge in [0.15, 0.2) is 0 Å². The molecule has 1 aromatic rings. The fourth-order valence-corrected chi connectivity index (χ4v) is 5.86. The fraction of sp³-hybridized carbons (Fsp3) is 0.870. The van der Waals surface area contributed by atoms with E-state index in [0.717, 1.165) is 69.8 Å². The van der Waals surface area contributed by atoms with Gasteiger partial charge in [-0.1, -0.05) is 31.4 Å². The van der Waals surface area contributed by atoms with E-state index in [4.69, 9.17) is 4.74 Å². The topological polar surface area (TPSA) is 80.5 Å². The Morgan fingerprint density at radius 2 is 1.93 bits per heavy atom. The summed E-state index contributed by atoms with van der Waals surface area (Å²) in [5.41, 5.74) is -0.102. The van der Waals surface area contributed by atoms with Crippen LogP contribution in [0.3, 0.4) is 0 Å². The number of nitrogens with zero attached hydrogens (tertiary/aromatic N) is 4. The molecule has 3 aliphatic carbocycles. The van der Waals surface area contributed by atoms with E-state index >= 15 is 0 Å². The number of fused-ring (bicyclic) bond motifs is 1. The monoisotopic (exact) mass is 416 g/mol. The average molecular weight is 417 g/mol. The van der Waals surface area contributed by atoms with Crippen LogP contribution in [0.5, 0.6) is 0 Å². The Morgan fingerprint density at radius 1 is 1.20 bits per heavy atom. The number of rotatable bonds is 6. The smallest absolute Gasteiger partial charge is 0.222 e. The van der Waals surface area contributed by atoms with Crippen LogP contribution in [-0.4, -0.2) is 56.7 Å². The molecular weight excluding hydrogens is 380 g/mol. The van der Waals surface area contributed by atoms with E-state index in [1.165, 1.54) is 19.3 Å². The Kier molecular flexibility index (Phi) is 5.60. The van der Waals surface area contributed by atoms with Crippen LogP contribution in [0.25, 0.3) is 0 Å². The molecule has 0 unspecified atom stereocenters. The van der Waals surface area contributed by atoms with Crippen LogP contribution >= 0.6 is 0 Å². The van der Waals surface area contributed by atoms with Crippen molar-refractivity contribution in [1.82, 2.24) is 19.9 Å². The molecule has 30 heavy (non-hydrogen) atoms. The van der Waals surface area contributed by atoms with Crippen LogP contribution in [-0.2, 0) is 15.1 Å². The van der Waals surface area contributed by atoms with Gasteiger partial charge in [-0.05, 0) is 56.3 Å². The molecule has 3 saturated carbocycles. The summed E-state index contributed by atoms with van der Waals surface area (Å²) in [7, 11) is 0. The number of hydrogen-bond acceptors (Lipinski definition) is 5. The second-order valence-corrected chi connectivity index (χ2v) is 10.2. The summed E-state index contributed by atoms with van der Waals surface area (Å²) in [5, 5.41) is 20.0. The zero-order valence-electron chi connectivity index (χ0n) is 18.2. The summed E-state index contributed by atoms with van der Waals surface area (Å²) in [6, 6.07) is 0.134. The summed E-state index contributed by atoms with van der Waals surface area (Å²) in [6.45, 7) is 4.51. The second kappa shape index (κ2) is 8.23. The van der Waals surface area contributed by atoms with E-state index < -0.39 is 5.60 Å². The van der Waals surface area contributed by atoms with E-state index in [0.29, 0.717) is 18.3 Å². The van der Waals surface area contributed by atoms with Gasteiger partial charge in [0, 0.05) is 26.1 Å². The lowest BCUT2D eigenvalue weighted by molar-refractivity contribution is -0.130. The van der Waals surface area contributed by atoms with Gasteiger partial charge in [0.2, 0.25) is 5.91 Å². The van der Waals surface area contributed by atoms with Gasteiger partial charge in [-0.3, -0.25) is 4.79 Å². The van der Waals surface area contributed by atoms with E-state index in [9.17, 15) is 9.90 Å². The average Bonchev–Trinajstić information content (AvgIpc) is 3.28. The molecule has 2 heterocycles. The maximum Gasteiger partial charge on any atom is 0.222 e. The van der Waals surface area contributed by atoms with Crippen molar-refractivity contribution in [2.75, 3.05) is 19.7 Å². The highest BCUT2D eigenvalue weighted by molar-refractivity contribution is 5.76. The molecular formula is C23H36N4O3. The van der Waals surface area contributed by atoms with E-state index in [2.05, 4.69) is 10.3 Å². The van der Waals surface area contributed by atoms with E-state index in [1.807, 2.05) is 22.7 Å². The Labute approximate surface area is 179 Å². The molecule has 4 atom stereocenters. The van der Waals surface area contributed by atoms with Crippen molar-refractivity contribution in [2.45, 2.75) is 88.9 Å². The fourth-order valence-electron chi connectivity index (χ4n) is 5.86. The predicted octanol–water partition coefficient (Wildman–Crippen LogP) is 3.04. The molecule has 4 aliphatic rings. The molecule has 166 valence electrons. The van der Waals surface area contributed by atoms with Crippen LogP contribution in [0.4, 0.5) is 0 Å². The molecule has 1 saturated heterocycles. The van der Waals surface area contributed by atoms with Crippen molar-refractivity contribution in [2.24, 2.45) is 17.8 Å². The predicted molar refractivity (Wildman–Crippen MR) is 112 cm³/mol. The number of ether oxygens (including phenoxy) is 1. The molecule has 4 fully saturated rings. The first-order valence-corrected chi connectivity index (χ1v) is 12.1. The molecule has 1 amide bonds. The highest BCUT2D eigenvalue weighted by Crippen LogP contribution is 2.44. The standard InChI is InChI=1S/C23H36N4O3/c1-2-22(28)26-12-17-10-19(20(11-18(17)13-26)30-15-16-6-7-16)27-14-21(24-25-27)23(29)8-4-3-5-9-23/h14,16-20,29H,2-13,15H2,1H3/t17-,18+,19-,20-/m1/s1. The number of carbonyl (C=O) groups is 1. The zero-order chi connectivity index (χ0) is 20.7. The van der Waals surface area contributed by atoms with Crippen LogP contribution < -0.4 is 0 Å². The highest BCUT2D eigenvalue weighted by Gasteiger charge is 2.45. The van der Waals surface area contributed by atoms with Gasteiger partial charge in [-0.15, -0.1) is 5.10 Å². The van der Waals surface area contributed by atoms with Crippen molar-refractivity contribution < 1.29 is 14.6 Å². The van der Waals surface area contributed by atoms with Gasteiger partial charge in [0.05, 0.1) is 18.3 Å². The Morgan fingerprint density at radius 3 is 2.63 bits per heavy atom. The molecule has 0 bridgehead atoms. The first-order valence-electron chi connectivity index (χ1n) is 12.1. The minimum Gasteiger partial charge on any atom is -0.383 e.